The third kappa shape index (κ3) is 3.84. The zero-order valence-corrected chi connectivity index (χ0v) is 15.6. The van der Waals surface area contributed by atoms with E-state index >= 15 is 0 Å². The standard InChI is InChI=1S/C20H19FN4O4/c1-12-11-24(8-9-25(12)15-5-2-13(21)3-6-15)19(27)18(26)22-14-4-7-16-17(10-14)29-20(28)23-16/h2-7,10,12H,8-9,11H2,1H3,(H,22,26)(H,23,28)/t12-/m1/s1. The molecule has 0 spiro atoms. The fourth-order valence-corrected chi connectivity index (χ4v) is 3.51. The van der Waals surface area contributed by atoms with Gasteiger partial charge in [0.15, 0.2) is 5.58 Å². The van der Waals surface area contributed by atoms with E-state index in [9.17, 15) is 18.8 Å². The number of carbonyl (C=O) groups is 2. The lowest BCUT2D eigenvalue weighted by Gasteiger charge is -2.41. The number of piperazine rings is 1. The average molecular weight is 398 g/mol. The van der Waals surface area contributed by atoms with Crippen LogP contribution in [0, 0.1) is 5.82 Å². The van der Waals surface area contributed by atoms with Gasteiger partial charge in [0.25, 0.3) is 0 Å². The minimum atomic E-state index is -0.760. The van der Waals surface area contributed by atoms with Crippen molar-refractivity contribution in [2.75, 3.05) is 29.9 Å². The summed E-state index contributed by atoms with van der Waals surface area (Å²) in [4.78, 5) is 42.3. The van der Waals surface area contributed by atoms with Crippen LogP contribution in [0.3, 0.4) is 0 Å². The summed E-state index contributed by atoms with van der Waals surface area (Å²) >= 11 is 0. The Hall–Kier alpha value is -3.62. The van der Waals surface area contributed by atoms with Gasteiger partial charge in [-0.1, -0.05) is 0 Å². The number of amides is 2. The van der Waals surface area contributed by atoms with Crippen LogP contribution in [-0.4, -0.2) is 47.4 Å². The molecule has 0 bridgehead atoms. The number of nitrogens with one attached hydrogen (secondary N) is 2. The van der Waals surface area contributed by atoms with Crippen LogP contribution in [0.15, 0.2) is 51.7 Å². The Bertz CT molecular complexity index is 1120. The fraction of sp³-hybridized carbons (Fsp3) is 0.250. The predicted octanol–water partition coefficient (Wildman–Crippen LogP) is 1.94. The van der Waals surface area contributed by atoms with Gasteiger partial charge in [0.2, 0.25) is 0 Å². The van der Waals surface area contributed by atoms with E-state index in [4.69, 9.17) is 4.42 Å². The third-order valence-corrected chi connectivity index (χ3v) is 4.95. The monoisotopic (exact) mass is 398 g/mol. The maximum atomic E-state index is 13.1. The van der Waals surface area contributed by atoms with E-state index < -0.39 is 17.6 Å². The number of hydrogen-bond acceptors (Lipinski definition) is 5. The number of oxazole rings is 1. The Morgan fingerprint density at radius 2 is 1.93 bits per heavy atom. The molecule has 0 unspecified atom stereocenters. The molecule has 4 rings (SSSR count). The molecule has 1 aromatic heterocycles. The normalized spacial score (nSPS) is 16.8. The molecule has 150 valence electrons. The topological polar surface area (TPSA) is 98.7 Å². The van der Waals surface area contributed by atoms with Crippen molar-refractivity contribution in [3.8, 4) is 0 Å². The maximum absolute atomic E-state index is 13.1. The highest BCUT2D eigenvalue weighted by molar-refractivity contribution is 6.39. The molecule has 0 radical (unpaired) electrons. The molecule has 2 amide bonds. The van der Waals surface area contributed by atoms with Crippen LogP contribution in [0.2, 0.25) is 0 Å². The Morgan fingerprint density at radius 1 is 1.17 bits per heavy atom. The van der Waals surface area contributed by atoms with Crippen molar-refractivity contribution >= 4 is 34.3 Å². The van der Waals surface area contributed by atoms with Crippen molar-refractivity contribution in [3.63, 3.8) is 0 Å². The molecule has 0 aliphatic carbocycles. The number of H-pyrrole nitrogens is 1. The molecule has 2 heterocycles. The quantitative estimate of drug-likeness (QED) is 0.643. The first-order chi connectivity index (χ1) is 13.9. The van der Waals surface area contributed by atoms with Gasteiger partial charge in [-0.25, -0.2) is 9.18 Å². The van der Waals surface area contributed by atoms with Crippen molar-refractivity contribution in [2.45, 2.75) is 13.0 Å². The van der Waals surface area contributed by atoms with E-state index in [1.54, 1.807) is 24.3 Å². The summed E-state index contributed by atoms with van der Waals surface area (Å²) < 4.78 is 18.1. The minimum absolute atomic E-state index is 0.0311. The van der Waals surface area contributed by atoms with Crippen LogP contribution in [0.25, 0.3) is 11.1 Å². The Morgan fingerprint density at radius 3 is 2.66 bits per heavy atom. The Kier molecular flexibility index (Phi) is 4.79. The lowest BCUT2D eigenvalue weighted by molar-refractivity contribution is -0.143. The molecular formula is C20H19FN4O4. The van der Waals surface area contributed by atoms with Crippen LogP contribution in [0.4, 0.5) is 15.8 Å². The Balaban J connectivity index is 1.40. The highest BCUT2D eigenvalue weighted by Crippen LogP contribution is 2.21. The van der Waals surface area contributed by atoms with Crippen molar-refractivity contribution in [1.29, 1.82) is 0 Å². The number of carbonyl (C=O) groups excluding carboxylic acids is 2. The number of aromatic nitrogens is 1. The maximum Gasteiger partial charge on any atom is 0.417 e. The zero-order valence-electron chi connectivity index (χ0n) is 15.6. The first kappa shape index (κ1) is 18.7. The summed E-state index contributed by atoms with van der Waals surface area (Å²) in [6, 6.07) is 10.8. The molecule has 29 heavy (non-hydrogen) atoms. The summed E-state index contributed by atoms with van der Waals surface area (Å²) in [7, 11) is 0. The first-order valence-corrected chi connectivity index (χ1v) is 9.16. The zero-order chi connectivity index (χ0) is 20.5. The van der Waals surface area contributed by atoms with Gasteiger partial charge in [-0.15, -0.1) is 0 Å². The predicted molar refractivity (Wildman–Crippen MR) is 105 cm³/mol. The Labute approximate surface area is 164 Å². The lowest BCUT2D eigenvalue weighted by atomic mass is 10.1. The van der Waals surface area contributed by atoms with E-state index in [1.165, 1.54) is 23.1 Å². The number of nitrogens with zero attached hydrogens (tertiary/aromatic N) is 2. The molecule has 0 saturated carbocycles. The fourth-order valence-electron chi connectivity index (χ4n) is 3.51. The van der Waals surface area contributed by atoms with Crippen LogP contribution in [0.5, 0.6) is 0 Å². The summed E-state index contributed by atoms with van der Waals surface area (Å²) in [6.45, 7) is 3.23. The average Bonchev–Trinajstić information content (AvgIpc) is 3.07. The van der Waals surface area contributed by atoms with Gasteiger partial charge in [0.1, 0.15) is 5.82 Å². The number of fused-ring (bicyclic) bond motifs is 1. The number of halogens is 1. The third-order valence-electron chi connectivity index (χ3n) is 4.95. The van der Waals surface area contributed by atoms with Gasteiger partial charge in [-0.2, -0.15) is 0 Å². The lowest BCUT2D eigenvalue weighted by Crippen LogP contribution is -2.55. The number of aromatic amines is 1. The molecule has 1 aliphatic rings. The van der Waals surface area contributed by atoms with Gasteiger partial charge in [0, 0.05) is 43.1 Å². The smallest absolute Gasteiger partial charge is 0.408 e. The summed E-state index contributed by atoms with van der Waals surface area (Å²) in [5.41, 5.74) is 2.03. The molecule has 1 aliphatic heterocycles. The highest BCUT2D eigenvalue weighted by Gasteiger charge is 2.30. The minimum Gasteiger partial charge on any atom is -0.408 e. The van der Waals surface area contributed by atoms with Crippen LogP contribution < -0.4 is 16.0 Å². The second-order valence-corrected chi connectivity index (χ2v) is 6.95. The van der Waals surface area contributed by atoms with Gasteiger partial charge in [0.05, 0.1) is 5.52 Å². The number of hydrogen-bond donors (Lipinski definition) is 2. The van der Waals surface area contributed by atoms with Gasteiger partial charge in [-0.05, 0) is 43.3 Å². The molecular weight excluding hydrogens is 379 g/mol. The second-order valence-electron chi connectivity index (χ2n) is 6.95. The number of benzene rings is 2. The van der Waals surface area contributed by atoms with E-state index in [0.29, 0.717) is 36.4 Å². The van der Waals surface area contributed by atoms with E-state index in [0.717, 1.165) is 5.69 Å². The van der Waals surface area contributed by atoms with Gasteiger partial charge >= 0.3 is 17.6 Å². The van der Waals surface area contributed by atoms with E-state index in [1.807, 2.05) is 6.92 Å². The van der Waals surface area contributed by atoms with Crippen LogP contribution in [-0.2, 0) is 9.59 Å². The van der Waals surface area contributed by atoms with Crippen molar-refractivity contribution in [2.24, 2.45) is 0 Å². The van der Waals surface area contributed by atoms with Crippen LogP contribution >= 0.6 is 0 Å². The van der Waals surface area contributed by atoms with E-state index in [-0.39, 0.29) is 11.9 Å². The molecule has 1 saturated heterocycles. The van der Waals surface area contributed by atoms with Gasteiger partial charge < -0.3 is 19.5 Å². The summed E-state index contributed by atoms with van der Waals surface area (Å²) in [5.74, 6) is -2.28. The van der Waals surface area contributed by atoms with Gasteiger partial charge in [-0.3, -0.25) is 14.6 Å². The molecule has 9 heteroatoms. The van der Waals surface area contributed by atoms with Crippen LogP contribution in [0.1, 0.15) is 6.92 Å². The van der Waals surface area contributed by atoms with Crippen molar-refractivity contribution in [3.05, 3.63) is 58.8 Å². The van der Waals surface area contributed by atoms with Crippen molar-refractivity contribution in [1.82, 2.24) is 9.88 Å². The molecule has 1 atom stereocenters. The summed E-state index contributed by atoms with van der Waals surface area (Å²) in [5, 5.41) is 2.54. The molecule has 8 nitrogen and oxygen atoms in total. The molecule has 2 N–H and O–H groups in total. The van der Waals surface area contributed by atoms with Crippen molar-refractivity contribution < 1.29 is 18.4 Å². The van der Waals surface area contributed by atoms with E-state index in [2.05, 4.69) is 15.2 Å². The molecule has 3 aromatic rings. The first-order valence-electron chi connectivity index (χ1n) is 9.16. The summed E-state index contributed by atoms with van der Waals surface area (Å²) in [6.07, 6.45) is 0. The second kappa shape index (κ2) is 7.42. The molecule has 2 aromatic carbocycles. The highest BCUT2D eigenvalue weighted by atomic mass is 19.1. The molecule has 1 fully saturated rings. The SMILES string of the molecule is C[C@@H]1CN(C(=O)C(=O)Nc2ccc3[nH]c(=O)oc3c2)CCN1c1ccc(F)cc1. The number of anilines is 2. The largest absolute Gasteiger partial charge is 0.417 e. The number of rotatable bonds is 2.